The summed E-state index contributed by atoms with van der Waals surface area (Å²) in [5.41, 5.74) is 0.981. The molecule has 0 bridgehead atoms. The molecule has 16 nitrogen and oxygen atoms in total. The summed E-state index contributed by atoms with van der Waals surface area (Å²) in [4.78, 5) is 80.4. The second kappa shape index (κ2) is 13.0. The Hall–Kier alpha value is -4.84. The van der Waals surface area contributed by atoms with Crippen LogP contribution in [0.1, 0.15) is 51.3 Å². The summed E-state index contributed by atoms with van der Waals surface area (Å²) in [7, 11) is -3.87. The van der Waals surface area contributed by atoms with Crippen molar-refractivity contribution in [3.63, 3.8) is 0 Å². The van der Waals surface area contributed by atoms with E-state index in [-0.39, 0.29) is 24.3 Å². The van der Waals surface area contributed by atoms with Gasteiger partial charge in [0.25, 0.3) is 0 Å². The van der Waals surface area contributed by atoms with Crippen molar-refractivity contribution in [3.8, 4) is 5.75 Å². The highest BCUT2D eigenvalue weighted by atomic mass is 32.2. The average molecular weight is 745 g/mol. The Morgan fingerprint density at radius 3 is 2.22 bits per heavy atom. The highest BCUT2D eigenvalue weighted by Crippen LogP contribution is 2.51. The summed E-state index contributed by atoms with van der Waals surface area (Å²) in [6.07, 6.45) is -1.45. The van der Waals surface area contributed by atoms with Crippen LogP contribution in [0.5, 0.6) is 5.75 Å². The molecule has 4 fully saturated rings. The fourth-order valence-electron chi connectivity index (χ4n) is 6.73. The van der Waals surface area contributed by atoms with Gasteiger partial charge in [-0.05, 0) is 51.0 Å². The van der Waals surface area contributed by atoms with Gasteiger partial charge in [-0.25, -0.2) is 22.8 Å². The molecular formula is C33H36N4O12S2. The van der Waals surface area contributed by atoms with Gasteiger partial charge in [0.1, 0.15) is 47.3 Å². The maximum Gasteiger partial charge on any atom is 0.410 e. The van der Waals surface area contributed by atoms with E-state index in [1.54, 1.807) is 13.8 Å². The highest BCUT2D eigenvalue weighted by molar-refractivity contribution is 8.01. The van der Waals surface area contributed by atoms with Crippen LogP contribution >= 0.6 is 11.8 Å². The number of fused-ring (bicyclic) bond motifs is 2. The van der Waals surface area contributed by atoms with E-state index < -0.39 is 96.8 Å². The van der Waals surface area contributed by atoms with E-state index in [1.165, 1.54) is 54.8 Å². The van der Waals surface area contributed by atoms with E-state index in [0.717, 1.165) is 10.5 Å². The minimum absolute atomic E-state index is 0.0259. The molecule has 0 aromatic heterocycles. The maximum absolute atomic E-state index is 13.6. The van der Waals surface area contributed by atoms with Gasteiger partial charge in [0.05, 0.1) is 11.2 Å². The number of thioether (sulfide) groups is 1. The zero-order valence-electron chi connectivity index (χ0n) is 27.9. The van der Waals surface area contributed by atoms with Crippen molar-refractivity contribution in [1.82, 2.24) is 20.4 Å². The number of carbonyl (C=O) groups excluding carboxylic acids is 6. The molecule has 6 atom stereocenters. The Bertz CT molecular complexity index is 1890. The monoisotopic (exact) mass is 744 g/mol. The first kappa shape index (κ1) is 36.0. The van der Waals surface area contributed by atoms with Gasteiger partial charge in [-0.15, -0.1) is 11.8 Å². The molecular weight excluding hydrogens is 709 g/mol. The van der Waals surface area contributed by atoms with Gasteiger partial charge in [-0.2, -0.15) is 0 Å². The molecule has 2 aromatic carbocycles. The number of amides is 4. The van der Waals surface area contributed by atoms with Crippen LogP contribution in [0, 0.1) is 0 Å². The number of sulfone groups is 1. The molecule has 2 aromatic rings. The largest absolute Gasteiger partial charge is 0.508 e. The number of β-lactam (4-membered cyclic amide) rings is 2. The summed E-state index contributed by atoms with van der Waals surface area (Å²) in [6, 6.07) is 9.50. The number of ether oxygens (including phenoxy) is 3. The normalized spacial score (nSPS) is 26.8. The summed E-state index contributed by atoms with van der Waals surface area (Å²) < 4.78 is 38.7. The second-order valence-corrected chi connectivity index (χ2v) is 18.0. The molecule has 272 valence electrons. The fourth-order valence-corrected chi connectivity index (χ4v) is 10.5. The van der Waals surface area contributed by atoms with Gasteiger partial charge >= 0.3 is 18.0 Å². The number of esters is 2. The number of nitrogens with one attached hydrogen (secondary N) is 2. The first-order chi connectivity index (χ1) is 24.0. The first-order valence-electron chi connectivity index (χ1n) is 15.9. The molecule has 2 unspecified atom stereocenters. The molecule has 0 spiro atoms. The molecule has 0 aliphatic carbocycles. The number of aromatic hydroxyl groups is 1. The predicted octanol–water partition coefficient (Wildman–Crippen LogP) is 1.08. The molecule has 4 aliphatic rings. The lowest BCUT2D eigenvalue weighted by atomic mass is 9.95. The topological polar surface area (TPSA) is 215 Å². The minimum atomic E-state index is -3.87. The van der Waals surface area contributed by atoms with Crippen LogP contribution in [0.25, 0.3) is 0 Å². The van der Waals surface area contributed by atoms with Crippen LogP contribution in [-0.2, 0) is 54.6 Å². The molecule has 4 aliphatic heterocycles. The minimum Gasteiger partial charge on any atom is -0.508 e. The lowest BCUT2D eigenvalue weighted by Gasteiger charge is -2.44. The Labute approximate surface area is 297 Å². The van der Waals surface area contributed by atoms with E-state index in [1.807, 2.05) is 30.3 Å². The number of benzene rings is 2. The van der Waals surface area contributed by atoms with Crippen molar-refractivity contribution in [3.05, 3.63) is 65.7 Å². The number of phenolic OH excluding ortho intramolecular Hbond substituents is 1. The number of rotatable bonds is 10. The van der Waals surface area contributed by atoms with Crippen molar-refractivity contribution in [2.45, 2.75) is 85.1 Å². The third kappa shape index (κ3) is 6.23. The summed E-state index contributed by atoms with van der Waals surface area (Å²) in [6.45, 7) is 5.27. The van der Waals surface area contributed by atoms with Crippen LogP contribution in [0.4, 0.5) is 4.79 Å². The van der Waals surface area contributed by atoms with E-state index in [0.29, 0.717) is 0 Å². The Balaban J connectivity index is 1.08. The Morgan fingerprint density at radius 2 is 1.57 bits per heavy atom. The third-order valence-electron chi connectivity index (χ3n) is 9.53. The number of hydrogen-bond donors (Lipinski definition) is 3. The standard InChI is InChI=1S/C33H36N4O12S2/c1-32(2)24(29(42)47-15-17-8-6-5-7-9-17)37-27(41)23(28(37)50-32)34-26(40)22(18-10-12-19(38)13-11-18)35-31(44)49-16-48-30(43)25-33(3,4)51(45,46)21-14-20(39)36(21)25/h5-13,21-25,28,38H,14-16H2,1-4H3,(H,34,40)(H,35,44)/t21-,22?,23?,24+,25+,28-/m1/s1. The zero-order chi connectivity index (χ0) is 37.0. The highest BCUT2D eigenvalue weighted by Gasteiger charge is 2.68. The van der Waals surface area contributed by atoms with Crippen molar-refractivity contribution in [2.75, 3.05) is 6.79 Å². The van der Waals surface area contributed by atoms with Gasteiger partial charge in [0.2, 0.25) is 24.5 Å². The van der Waals surface area contributed by atoms with Crippen molar-refractivity contribution >= 4 is 57.4 Å². The lowest BCUT2D eigenvalue weighted by Crippen LogP contribution is -2.71. The first-order valence-corrected chi connectivity index (χ1v) is 18.3. The van der Waals surface area contributed by atoms with Crippen LogP contribution in [-0.4, -0.2) is 104 Å². The van der Waals surface area contributed by atoms with Crippen LogP contribution in [0.3, 0.4) is 0 Å². The van der Waals surface area contributed by atoms with Crippen molar-refractivity contribution < 1.29 is 56.5 Å². The molecule has 0 saturated carbocycles. The molecule has 4 saturated heterocycles. The number of carbonyl (C=O) groups is 6. The van der Waals surface area contributed by atoms with Gasteiger partial charge in [-0.1, -0.05) is 42.5 Å². The quantitative estimate of drug-likeness (QED) is 0.177. The van der Waals surface area contributed by atoms with E-state index in [2.05, 4.69) is 10.6 Å². The van der Waals surface area contributed by atoms with Crippen LogP contribution < -0.4 is 10.6 Å². The second-order valence-electron chi connectivity index (χ2n) is 13.5. The van der Waals surface area contributed by atoms with Gasteiger partial charge in [0, 0.05) is 4.75 Å². The SMILES string of the molecule is CC1(C)S[C@@H]2C(NC(=O)C(NC(=O)OCOC(=O)[C@@H]3N4C(=O)C[C@H]4S(=O)(=O)C3(C)C)c3ccc(O)cc3)C(=O)N2[C@H]1C(=O)OCc1ccccc1. The smallest absolute Gasteiger partial charge is 0.410 e. The number of alkyl carbamates (subject to hydrolysis) is 1. The van der Waals surface area contributed by atoms with E-state index >= 15 is 0 Å². The van der Waals surface area contributed by atoms with Crippen molar-refractivity contribution in [1.29, 1.82) is 0 Å². The van der Waals surface area contributed by atoms with Gasteiger partial charge < -0.3 is 39.8 Å². The summed E-state index contributed by atoms with van der Waals surface area (Å²) >= 11 is 1.32. The molecule has 51 heavy (non-hydrogen) atoms. The molecule has 4 amide bonds. The zero-order valence-corrected chi connectivity index (χ0v) is 29.6. The van der Waals surface area contributed by atoms with Crippen LogP contribution in [0.15, 0.2) is 54.6 Å². The molecule has 6 rings (SSSR count). The fraction of sp³-hybridized carbons (Fsp3) is 0.455. The number of phenols is 1. The summed E-state index contributed by atoms with van der Waals surface area (Å²) in [5.74, 6) is -3.66. The molecule has 0 radical (unpaired) electrons. The van der Waals surface area contributed by atoms with E-state index in [9.17, 15) is 42.3 Å². The maximum atomic E-state index is 13.6. The van der Waals surface area contributed by atoms with Crippen molar-refractivity contribution in [2.24, 2.45) is 0 Å². The lowest BCUT2D eigenvalue weighted by molar-refractivity contribution is -0.167. The Kier molecular flexibility index (Phi) is 9.20. The van der Waals surface area contributed by atoms with Gasteiger partial charge in [-0.3, -0.25) is 14.4 Å². The molecule has 4 heterocycles. The average Bonchev–Trinajstić information content (AvgIpc) is 3.40. The Morgan fingerprint density at radius 1 is 0.922 bits per heavy atom. The third-order valence-corrected chi connectivity index (χ3v) is 13.9. The summed E-state index contributed by atoms with van der Waals surface area (Å²) in [5, 5.41) is 13.0. The predicted molar refractivity (Wildman–Crippen MR) is 178 cm³/mol. The molecule has 18 heteroatoms. The van der Waals surface area contributed by atoms with Gasteiger partial charge in [0.15, 0.2) is 9.84 Å². The number of hydrogen-bond acceptors (Lipinski definition) is 13. The van der Waals surface area contributed by atoms with Crippen LogP contribution in [0.2, 0.25) is 0 Å². The molecule has 3 N–H and O–H groups in total. The van der Waals surface area contributed by atoms with E-state index in [4.69, 9.17) is 14.2 Å². The number of nitrogens with zero attached hydrogens (tertiary/aromatic N) is 2.